The summed E-state index contributed by atoms with van der Waals surface area (Å²) in [5.41, 5.74) is 5.21. The van der Waals surface area contributed by atoms with Crippen LogP contribution in [-0.4, -0.2) is 47.8 Å². The molecular formula is C26H29ClFN7O3S. The normalized spacial score (nSPS) is 14.3. The van der Waals surface area contributed by atoms with Crippen LogP contribution in [0.15, 0.2) is 55.0 Å². The molecular weight excluding hydrogens is 545 g/mol. The summed E-state index contributed by atoms with van der Waals surface area (Å²) in [5, 5.41) is 7.93. The Balaban J connectivity index is 0.00000353. The summed E-state index contributed by atoms with van der Waals surface area (Å²) in [5.74, 6) is -0.991. The molecule has 0 atom stereocenters. The van der Waals surface area contributed by atoms with Crippen LogP contribution in [0.2, 0.25) is 0 Å². The monoisotopic (exact) mass is 573 g/mol. The highest BCUT2D eigenvalue weighted by atomic mass is 35.5. The number of benzene rings is 2. The predicted molar refractivity (Wildman–Crippen MR) is 151 cm³/mol. The topological polar surface area (TPSA) is 135 Å². The van der Waals surface area contributed by atoms with Crippen molar-refractivity contribution in [2.45, 2.75) is 32.7 Å². The van der Waals surface area contributed by atoms with E-state index < -0.39 is 21.9 Å². The summed E-state index contributed by atoms with van der Waals surface area (Å²) in [6, 6.07) is 9.85. The number of anilines is 2. The Morgan fingerprint density at radius 2 is 1.82 bits per heavy atom. The van der Waals surface area contributed by atoms with Crippen LogP contribution in [0.3, 0.4) is 0 Å². The minimum Gasteiger partial charge on any atom is -0.370 e. The van der Waals surface area contributed by atoms with Crippen molar-refractivity contribution in [1.29, 1.82) is 0 Å². The number of nitrogens with zero attached hydrogens (tertiary/aromatic N) is 4. The number of rotatable bonds is 6. The van der Waals surface area contributed by atoms with E-state index in [2.05, 4.69) is 15.0 Å². The van der Waals surface area contributed by atoms with Crippen LogP contribution in [0, 0.1) is 19.7 Å². The zero-order valence-electron chi connectivity index (χ0n) is 21.4. The molecule has 2 aromatic heterocycles. The number of hydrogen-bond donors (Lipinski definition) is 3. The van der Waals surface area contributed by atoms with Gasteiger partial charge in [0.05, 0.1) is 11.4 Å². The number of fused-ring (bicyclic) bond motifs is 1. The molecule has 4 N–H and O–H groups in total. The predicted octanol–water partition coefficient (Wildman–Crippen LogP) is 3.59. The maximum absolute atomic E-state index is 14.3. The third-order valence-corrected chi connectivity index (χ3v) is 7.36. The van der Waals surface area contributed by atoms with Crippen molar-refractivity contribution in [1.82, 2.24) is 19.1 Å². The molecule has 1 aliphatic heterocycles. The van der Waals surface area contributed by atoms with Crippen molar-refractivity contribution in [2.24, 2.45) is 5.14 Å². The number of nitrogens with two attached hydrogens (primary N) is 1. The average molecular weight is 574 g/mol. The van der Waals surface area contributed by atoms with Crippen molar-refractivity contribution < 1.29 is 17.6 Å². The van der Waals surface area contributed by atoms with Crippen LogP contribution >= 0.6 is 12.4 Å². The van der Waals surface area contributed by atoms with E-state index in [1.54, 1.807) is 29.1 Å². The molecule has 0 saturated carbocycles. The van der Waals surface area contributed by atoms with Crippen LogP contribution in [0.5, 0.6) is 0 Å². The molecule has 0 unspecified atom stereocenters. The van der Waals surface area contributed by atoms with Crippen LogP contribution in [-0.2, 0) is 10.2 Å². The quantitative estimate of drug-likeness (QED) is 0.323. The number of halogens is 2. The molecule has 1 fully saturated rings. The molecule has 0 radical (unpaired) electrons. The number of carbonyl (C=O) groups excluding carboxylic acids is 1. The highest BCUT2D eigenvalue weighted by molar-refractivity contribution is 7.87. The SMILES string of the molecule is Cc1cccc(C)c1-c1nc(C(=O)Nc2cc(F)ccc2N2CCC(NS(N)(=O)=O)CC2)cn2ccnc12.Cl. The molecule has 4 aromatic rings. The largest absolute Gasteiger partial charge is 0.370 e. The van der Waals surface area contributed by atoms with Gasteiger partial charge in [-0.25, -0.2) is 19.5 Å². The average Bonchev–Trinajstić information content (AvgIpc) is 3.33. The Labute approximate surface area is 232 Å². The first-order valence-electron chi connectivity index (χ1n) is 12.2. The van der Waals surface area contributed by atoms with Crippen LogP contribution in [0.1, 0.15) is 34.5 Å². The van der Waals surface area contributed by atoms with Gasteiger partial charge in [-0.1, -0.05) is 18.2 Å². The molecule has 0 bridgehead atoms. The van der Waals surface area contributed by atoms with Crippen molar-refractivity contribution in [2.75, 3.05) is 23.3 Å². The first-order chi connectivity index (χ1) is 18.1. The third kappa shape index (κ3) is 6.19. The highest BCUT2D eigenvalue weighted by Crippen LogP contribution is 2.31. The molecule has 0 spiro atoms. The molecule has 2 aromatic carbocycles. The fourth-order valence-corrected chi connectivity index (χ4v) is 5.64. The third-order valence-electron chi connectivity index (χ3n) is 6.70. The van der Waals surface area contributed by atoms with Gasteiger partial charge in [0.1, 0.15) is 17.2 Å². The number of aryl methyl sites for hydroxylation is 2. The Hall–Kier alpha value is -3.58. The van der Waals surface area contributed by atoms with Crippen molar-refractivity contribution in [3.05, 3.63) is 77.6 Å². The number of carbonyl (C=O) groups is 1. The van der Waals surface area contributed by atoms with Crippen LogP contribution in [0.4, 0.5) is 15.8 Å². The van der Waals surface area contributed by atoms with Crippen molar-refractivity contribution in [3.63, 3.8) is 0 Å². The molecule has 5 rings (SSSR count). The summed E-state index contributed by atoms with van der Waals surface area (Å²) in [6.07, 6.45) is 6.02. The lowest BCUT2D eigenvalue weighted by atomic mass is 10.00. The smallest absolute Gasteiger partial charge is 0.275 e. The minimum atomic E-state index is -3.80. The van der Waals surface area contributed by atoms with Gasteiger partial charge in [-0.05, 0) is 56.0 Å². The zero-order chi connectivity index (χ0) is 27.0. The maximum Gasteiger partial charge on any atom is 0.275 e. The number of imidazole rings is 1. The molecule has 39 heavy (non-hydrogen) atoms. The molecule has 206 valence electrons. The first-order valence-corrected chi connectivity index (χ1v) is 13.7. The lowest BCUT2D eigenvalue weighted by molar-refractivity contribution is 0.102. The fourth-order valence-electron chi connectivity index (χ4n) is 4.94. The van der Waals surface area contributed by atoms with Crippen LogP contribution in [0.25, 0.3) is 16.9 Å². The van der Waals surface area contributed by atoms with E-state index in [4.69, 9.17) is 10.1 Å². The summed E-state index contributed by atoms with van der Waals surface area (Å²) in [6.45, 7) is 4.96. The van der Waals surface area contributed by atoms with Crippen molar-refractivity contribution in [3.8, 4) is 11.3 Å². The Bertz CT molecular complexity index is 1620. The van der Waals surface area contributed by atoms with E-state index in [0.29, 0.717) is 48.6 Å². The van der Waals surface area contributed by atoms with Crippen LogP contribution < -0.4 is 20.1 Å². The van der Waals surface area contributed by atoms with Gasteiger partial charge in [0.15, 0.2) is 5.65 Å². The Kier molecular flexibility index (Phi) is 8.21. The first kappa shape index (κ1) is 28.4. The second-order valence-corrected chi connectivity index (χ2v) is 10.8. The lowest BCUT2D eigenvalue weighted by Crippen LogP contribution is -2.46. The molecule has 1 saturated heterocycles. The molecule has 0 aliphatic carbocycles. The van der Waals surface area contributed by atoms with Gasteiger partial charge < -0.3 is 14.6 Å². The second kappa shape index (κ2) is 11.3. The molecule has 1 aliphatic rings. The fraction of sp³-hybridized carbons (Fsp3) is 0.269. The summed E-state index contributed by atoms with van der Waals surface area (Å²) >= 11 is 0. The molecule has 10 nitrogen and oxygen atoms in total. The molecule has 13 heteroatoms. The summed E-state index contributed by atoms with van der Waals surface area (Å²) in [7, 11) is -3.80. The maximum atomic E-state index is 14.3. The lowest BCUT2D eigenvalue weighted by Gasteiger charge is -2.34. The van der Waals surface area contributed by atoms with E-state index in [-0.39, 0.29) is 24.1 Å². The standard InChI is InChI=1S/C26H28FN7O3S.ClH/c1-16-4-3-5-17(2)23(16)24-25-29-10-13-34(25)15-21(30-24)26(35)31-20-14-18(27)6-7-22(20)33-11-8-19(9-12-33)32-38(28,36)37;/h3-7,10,13-15,19,32H,8-9,11-12H2,1-2H3,(H,31,35)(H2,28,36,37);1H. The van der Waals surface area contributed by atoms with Crippen molar-refractivity contribution >= 4 is 45.5 Å². The van der Waals surface area contributed by atoms with E-state index in [0.717, 1.165) is 16.7 Å². The van der Waals surface area contributed by atoms with Gasteiger partial charge in [0.25, 0.3) is 16.1 Å². The summed E-state index contributed by atoms with van der Waals surface area (Å²) in [4.78, 5) is 24.6. The second-order valence-electron chi connectivity index (χ2n) is 9.44. The minimum absolute atomic E-state index is 0. The number of aromatic nitrogens is 3. The number of piperidine rings is 1. The van der Waals surface area contributed by atoms with Gasteiger partial charge >= 0.3 is 0 Å². The number of amides is 1. The molecule has 3 heterocycles. The van der Waals surface area contributed by atoms with E-state index in [1.807, 2.05) is 36.9 Å². The molecule has 1 amide bonds. The van der Waals surface area contributed by atoms with Gasteiger partial charge in [-0.2, -0.15) is 13.1 Å². The van der Waals surface area contributed by atoms with E-state index in [1.165, 1.54) is 12.1 Å². The van der Waals surface area contributed by atoms with Gasteiger partial charge in [-0.15, -0.1) is 12.4 Å². The van der Waals surface area contributed by atoms with Gasteiger partial charge in [0, 0.05) is 43.3 Å². The Morgan fingerprint density at radius 1 is 1.13 bits per heavy atom. The van der Waals surface area contributed by atoms with Gasteiger partial charge in [-0.3, -0.25) is 4.79 Å². The Morgan fingerprint density at radius 3 is 2.49 bits per heavy atom. The van der Waals surface area contributed by atoms with E-state index in [9.17, 15) is 17.6 Å². The number of hydrogen-bond acceptors (Lipinski definition) is 6. The highest BCUT2D eigenvalue weighted by Gasteiger charge is 2.25. The number of nitrogens with one attached hydrogen (secondary N) is 2. The van der Waals surface area contributed by atoms with E-state index >= 15 is 0 Å². The zero-order valence-corrected chi connectivity index (χ0v) is 23.0. The summed E-state index contributed by atoms with van der Waals surface area (Å²) < 4.78 is 41.2. The van der Waals surface area contributed by atoms with Gasteiger partial charge in [0.2, 0.25) is 0 Å².